The van der Waals surface area contributed by atoms with Crippen molar-refractivity contribution in [2.45, 2.75) is 43.9 Å². The molecule has 78 valence electrons. The highest BCUT2D eigenvalue weighted by molar-refractivity contribution is 5.13. The fourth-order valence-corrected chi connectivity index (χ4v) is 1.44. The second-order valence-corrected chi connectivity index (χ2v) is 4.08. The normalized spacial score (nSPS) is 57.0. The molecule has 0 spiro atoms. The second-order valence-electron chi connectivity index (χ2n) is 4.08. The monoisotopic (exact) mass is 192 g/mol. The van der Waals surface area contributed by atoms with Gasteiger partial charge in [-0.05, 0) is 20.8 Å². The van der Waals surface area contributed by atoms with Crippen LogP contribution in [-0.2, 0) is 4.74 Å². The summed E-state index contributed by atoms with van der Waals surface area (Å²) < 4.78 is 4.93. The van der Waals surface area contributed by atoms with Crippen molar-refractivity contribution in [2.75, 3.05) is 6.61 Å². The molecule has 1 aliphatic heterocycles. The van der Waals surface area contributed by atoms with Crippen molar-refractivity contribution in [3.63, 3.8) is 0 Å². The van der Waals surface area contributed by atoms with Crippen LogP contribution in [-0.4, -0.2) is 50.1 Å². The third-order valence-electron chi connectivity index (χ3n) is 3.17. The molecule has 4 N–H and O–H groups in total. The van der Waals surface area contributed by atoms with E-state index >= 15 is 0 Å². The lowest BCUT2D eigenvalue weighted by Gasteiger charge is -2.38. The predicted molar refractivity (Wildman–Crippen MR) is 43.8 cm³/mol. The van der Waals surface area contributed by atoms with Crippen LogP contribution < -0.4 is 0 Å². The topological polar surface area (TPSA) is 90.2 Å². The van der Waals surface area contributed by atoms with Crippen LogP contribution in [0.15, 0.2) is 0 Å². The molecule has 0 radical (unpaired) electrons. The van der Waals surface area contributed by atoms with Crippen LogP contribution in [0.2, 0.25) is 0 Å². The molecule has 0 amide bonds. The van der Waals surface area contributed by atoms with Gasteiger partial charge >= 0.3 is 0 Å². The van der Waals surface area contributed by atoms with Crippen molar-refractivity contribution in [3.05, 3.63) is 0 Å². The summed E-state index contributed by atoms with van der Waals surface area (Å²) >= 11 is 0. The van der Waals surface area contributed by atoms with Crippen LogP contribution in [0.3, 0.4) is 0 Å². The van der Waals surface area contributed by atoms with Crippen molar-refractivity contribution in [1.82, 2.24) is 0 Å². The number of hydrogen-bond acceptors (Lipinski definition) is 5. The van der Waals surface area contributed by atoms with Gasteiger partial charge in [0.2, 0.25) is 0 Å². The molecule has 0 aromatic heterocycles. The SMILES string of the molecule is C[C@@]1(O)[C@@](C)(CO)O[C@@H](O)[C@]1(C)O. The van der Waals surface area contributed by atoms with Crippen LogP contribution in [0, 0.1) is 0 Å². The third kappa shape index (κ3) is 1.12. The van der Waals surface area contributed by atoms with Gasteiger partial charge in [-0.2, -0.15) is 0 Å². The maximum atomic E-state index is 9.92. The molecule has 0 aromatic rings. The summed E-state index contributed by atoms with van der Waals surface area (Å²) in [7, 11) is 0. The Morgan fingerprint density at radius 2 is 1.69 bits per heavy atom. The summed E-state index contributed by atoms with van der Waals surface area (Å²) in [6.07, 6.45) is -1.50. The molecule has 0 unspecified atom stereocenters. The van der Waals surface area contributed by atoms with Crippen molar-refractivity contribution >= 4 is 0 Å². The van der Waals surface area contributed by atoms with E-state index < -0.39 is 29.7 Å². The molecule has 5 heteroatoms. The van der Waals surface area contributed by atoms with E-state index in [1.807, 2.05) is 0 Å². The van der Waals surface area contributed by atoms with Gasteiger partial charge in [0.25, 0.3) is 0 Å². The zero-order valence-corrected chi connectivity index (χ0v) is 7.98. The molecule has 1 aliphatic rings. The van der Waals surface area contributed by atoms with Gasteiger partial charge in [0.05, 0.1) is 6.61 Å². The molecule has 13 heavy (non-hydrogen) atoms. The molecule has 1 saturated heterocycles. The minimum Gasteiger partial charge on any atom is -0.393 e. The standard InChI is InChI=1S/C8H16O5/c1-6(4-9)8(3,12)7(2,11)5(10)13-6/h5,9-12H,4H2,1-3H3/t5-,6-,7+,8-/m1/s1. The zero-order valence-electron chi connectivity index (χ0n) is 7.98. The molecule has 0 saturated carbocycles. The van der Waals surface area contributed by atoms with Gasteiger partial charge in [0.15, 0.2) is 6.29 Å². The van der Waals surface area contributed by atoms with Gasteiger partial charge in [-0.3, -0.25) is 0 Å². The molecule has 5 nitrogen and oxygen atoms in total. The van der Waals surface area contributed by atoms with Crippen LogP contribution in [0.5, 0.6) is 0 Å². The van der Waals surface area contributed by atoms with Gasteiger partial charge in [0.1, 0.15) is 16.8 Å². The maximum absolute atomic E-state index is 9.92. The number of hydrogen-bond donors (Lipinski definition) is 4. The molecule has 0 aromatic carbocycles. The van der Waals surface area contributed by atoms with Crippen LogP contribution in [0.4, 0.5) is 0 Å². The molecule has 0 bridgehead atoms. The van der Waals surface area contributed by atoms with E-state index in [2.05, 4.69) is 0 Å². The summed E-state index contributed by atoms with van der Waals surface area (Å²) in [5, 5.41) is 38.0. The van der Waals surface area contributed by atoms with Crippen molar-refractivity contribution in [2.24, 2.45) is 0 Å². The molecule has 0 aliphatic carbocycles. The Kier molecular flexibility index (Phi) is 2.22. The first-order valence-electron chi connectivity index (χ1n) is 4.10. The number of ether oxygens (including phenoxy) is 1. The van der Waals surface area contributed by atoms with Crippen molar-refractivity contribution in [3.8, 4) is 0 Å². The Labute approximate surface area is 76.6 Å². The van der Waals surface area contributed by atoms with Crippen molar-refractivity contribution in [1.29, 1.82) is 0 Å². The van der Waals surface area contributed by atoms with E-state index in [9.17, 15) is 15.3 Å². The minimum atomic E-state index is -1.79. The maximum Gasteiger partial charge on any atom is 0.187 e. The molecular formula is C8H16O5. The van der Waals surface area contributed by atoms with Gasteiger partial charge in [0, 0.05) is 0 Å². The zero-order chi connectivity index (χ0) is 10.5. The minimum absolute atomic E-state index is 0.479. The summed E-state index contributed by atoms with van der Waals surface area (Å²) in [5.41, 5.74) is -4.84. The highest BCUT2D eigenvalue weighted by atomic mass is 16.7. The largest absolute Gasteiger partial charge is 0.393 e. The Hall–Kier alpha value is -0.200. The lowest BCUT2D eigenvalue weighted by Crippen LogP contribution is -2.60. The molecule has 1 heterocycles. The number of aliphatic hydroxyl groups excluding tert-OH is 2. The van der Waals surface area contributed by atoms with Crippen LogP contribution in [0.1, 0.15) is 20.8 Å². The Morgan fingerprint density at radius 3 is 1.85 bits per heavy atom. The lowest BCUT2D eigenvalue weighted by atomic mass is 9.77. The third-order valence-corrected chi connectivity index (χ3v) is 3.17. The highest BCUT2D eigenvalue weighted by Gasteiger charge is 2.66. The Balaban J connectivity index is 3.11. The Bertz CT molecular complexity index is 213. The summed E-state index contributed by atoms with van der Waals surface area (Å²) in [5.74, 6) is 0. The van der Waals surface area contributed by atoms with E-state index in [1.54, 1.807) is 0 Å². The predicted octanol–water partition coefficient (Wildman–Crippen LogP) is -1.41. The van der Waals surface area contributed by atoms with E-state index in [0.29, 0.717) is 0 Å². The number of rotatable bonds is 1. The second kappa shape index (κ2) is 2.65. The van der Waals surface area contributed by atoms with E-state index in [0.717, 1.165) is 0 Å². The first-order chi connectivity index (χ1) is 5.69. The number of aliphatic hydroxyl groups is 4. The smallest absolute Gasteiger partial charge is 0.187 e. The molecule has 1 rings (SSSR count). The average Bonchev–Trinajstić information content (AvgIpc) is 2.12. The van der Waals surface area contributed by atoms with Gasteiger partial charge < -0.3 is 25.2 Å². The molecular weight excluding hydrogens is 176 g/mol. The summed E-state index contributed by atoms with van der Waals surface area (Å²) in [6, 6.07) is 0. The van der Waals surface area contributed by atoms with Gasteiger partial charge in [-0.1, -0.05) is 0 Å². The fraction of sp³-hybridized carbons (Fsp3) is 1.00. The van der Waals surface area contributed by atoms with E-state index in [-0.39, 0.29) is 0 Å². The molecule has 1 fully saturated rings. The first-order valence-corrected chi connectivity index (χ1v) is 4.10. The summed E-state index contributed by atoms with van der Waals surface area (Å²) in [6.45, 7) is 3.53. The Morgan fingerprint density at radius 1 is 1.23 bits per heavy atom. The van der Waals surface area contributed by atoms with Gasteiger partial charge in [-0.15, -0.1) is 0 Å². The first kappa shape index (κ1) is 10.9. The van der Waals surface area contributed by atoms with Crippen molar-refractivity contribution < 1.29 is 25.2 Å². The quantitative estimate of drug-likeness (QED) is 0.410. The van der Waals surface area contributed by atoms with E-state index in [1.165, 1.54) is 20.8 Å². The highest BCUT2D eigenvalue weighted by Crippen LogP contribution is 2.45. The average molecular weight is 192 g/mol. The van der Waals surface area contributed by atoms with Crippen LogP contribution in [0.25, 0.3) is 0 Å². The van der Waals surface area contributed by atoms with Gasteiger partial charge in [-0.25, -0.2) is 0 Å². The summed E-state index contributed by atoms with van der Waals surface area (Å²) in [4.78, 5) is 0. The lowest BCUT2D eigenvalue weighted by molar-refractivity contribution is -0.185. The fourth-order valence-electron chi connectivity index (χ4n) is 1.44. The molecule has 4 atom stereocenters. The van der Waals surface area contributed by atoms with E-state index in [4.69, 9.17) is 9.84 Å². The van der Waals surface area contributed by atoms with Crippen LogP contribution >= 0.6 is 0 Å².